The molecule has 0 fully saturated rings. The third-order valence-corrected chi connectivity index (χ3v) is 1.58. The maximum atomic E-state index is 9.24. The van der Waals surface area contributed by atoms with Gasteiger partial charge in [0.25, 0.3) is 0 Å². The molecule has 1 aromatic carbocycles. The minimum Gasteiger partial charge on any atom is -0.508 e. The Morgan fingerprint density at radius 3 is 2.08 bits per heavy atom. The van der Waals surface area contributed by atoms with Crippen molar-refractivity contribution in [2.24, 2.45) is 0 Å². The first-order valence-corrected chi connectivity index (χ1v) is 3.44. The first-order valence-electron chi connectivity index (χ1n) is 3.44. The highest BCUT2D eigenvalue weighted by Gasteiger charge is 2.20. The third-order valence-electron chi connectivity index (χ3n) is 1.58. The largest absolute Gasteiger partial charge is 0.508 e. The van der Waals surface area contributed by atoms with Crippen LogP contribution < -0.4 is 0 Å². The lowest BCUT2D eigenvalue weighted by atomic mass is 10.1. The van der Waals surface area contributed by atoms with Crippen LogP contribution in [-0.2, 0) is 5.79 Å². The van der Waals surface area contributed by atoms with Gasteiger partial charge in [-0.15, -0.1) is 0 Å². The molecule has 0 unspecified atom stereocenters. The smallest absolute Gasteiger partial charge is 0.209 e. The molecule has 3 nitrogen and oxygen atoms in total. The van der Waals surface area contributed by atoms with Gasteiger partial charge in [-0.25, -0.2) is 0 Å². The molecule has 0 aliphatic rings. The van der Waals surface area contributed by atoms with Crippen molar-refractivity contribution in [3.63, 3.8) is 0 Å². The number of aromatic hydroxyl groups is 1. The Kier molecular flexibility index (Phi) is 2.17. The summed E-state index contributed by atoms with van der Waals surface area (Å²) in [5.74, 6) is -1.94. The summed E-state index contributed by atoms with van der Waals surface area (Å²) in [4.78, 5) is 0. The molecular weight excluding hydrogens is 156 g/mol. The number of phenols is 1. The SMILES string of the molecule is C=CC(O)(O)c1ccc(O)cc1. The van der Waals surface area contributed by atoms with Crippen molar-refractivity contribution in [3.8, 4) is 5.75 Å². The lowest BCUT2D eigenvalue weighted by molar-refractivity contribution is -0.124. The molecule has 1 rings (SSSR count). The molecule has 1 aromatic rings. The van der Waals surface area contributed by atoms with Crippen LogP contribution in [0.4, 0.5) is 0 Å². The first-order chi connectivity index (χ1) is 5.56. The van der Waals surface area contributed by atoms with E-state index in [4.69, 9.17) is 5.11 Å². The van der Waals surface area contributed by atoms with Crippen LogP contribution in [0.2, 0.25) is 0 Å². The van der Waals surface area contributed by atoms with E-state index in [0.717, 1.165) is 6.08 Å². The second-order valence-electron chi connectivity index (χ2n) is 2.48. The highest BCUT2D eigenvalue weighted by atomic mass is 16.5. The quantitative estimate of drug-likeness (QED) is 0.448. The van der Waals surface area contributed by atoms with Gasteiger partial charge >= 0.3 is 0 Å². The van der Waals surface area contributed by atoms with Crippen molar-refractivity contribution < 1.29 is 15.3 Å². The van der Waals surface area contributed by atoms with Gasteiger partial charge in [-0.3, -0.25) is 0 Å². The molecule has 0 saturated heterocycles. The molecule has 0 aromatic heterocycles. The van der Waals surface area contributed by atoms with Crippen LogP contribution in [0.1, 0.15) is 5.56 Å². The zero-order valence-corrected chi connectivity index (χ0v) is 6.44. The van der Waals surface area contributed by atoms with Crippen LogP contribution in [0.5, 0.6) is 5.75 Å². The van der Waals surface area contributed by atoms with Gasteiger partial charge in [-0.1, -0.05) is 6.58 Å². The number of aliphatic hydroxyl groups is 2. The second-order valence-corrected chi connectivity index (χ2v) is 2.48. The van der Waals surface area contributed by atoms with Gasteiger partial charge < -0.3 is 15.3 Å². The average Bonchev–Trinajstić information content (AvgIpc) is 2.05. The van der Waals surface area contributed by atoms with Gasteiger partial charge in [0.2, 0.25) is 5.79 Å². The Morgan fingerprint density at radius 1 is 1.17 bits per heavy atom. The van der Waals surface area contributed by atoms with Crippen molar-refractivity contribution in [3.05, 3.63) is 42.5 Å². The third kappa shape index (κ3) is 1.64. The molecule has 0 heterocycles. The van der Waals surface area contributed by atoms with Gasteiger partial charge in [-0.05, 0) is 30.3 Å². The molecule has 3 heteroatoms. The molecule has 64 valence electrons. The lowest BCUT2D eigenvalue weighted by Crippen LogP contribution is -2.20. The fourth-order valence-electron chi connectivity index (χ4n) is 0.825. The molecule has 3 N–H and O–H groups in total. The van der Waals surface area contributed by atoms with Crippen LogP contribution in [0, 0.1) is 0 Å². The van der Waals surface area contributed by atoms with Gasteiger partial charge in [0, 0.05) is 5.56 Å². The zero-order chi connectivity index (χ0) is 9.19. The van der Waals surface area contributed by atoms with Gasteiger partial charge in [0.05, 0.1) is 0 Å². The van der Waals surface area contributed by atoms with Gasteiger partial charge in [-0.2, -0.15) is 0 Å². The number of rotatable bonds is 2. The van der Waals surface area contributed by atoms with E-state index in [1.807, 2.05) is 0 Å². The van der Waals surface area contributed by atoms with Crippen molar-refractivity contribution in [1.29, 1.82) is 0 Å². The molecule has 0 aliphatic heterocycles. The minimum atomic E-state index is -2.02. The number of benzene rings is 1. The maximum absolute atomic E-state index is 9.24. The number of phenolic OH excluding ortho intramolecular Hbond substituents is 1. The van der Waals surface area contributed by atoms with E-state index >= 15 is 0 Å². The summed E-state index contributed by atoms with van der Waals surface area (Å²) in [6.07, 6.45) is 1.01. The van der Waals surface area contributed by atoms with E-state index in [1.165, 1.54) is 24.3 Å². The molecule has 0 amide bonds. The highest BCUT2D eigenvalue weighted by Crippen LogP contribution is 2.20. The summed E-state index contributed by atoms with van der Waals surface area (Å²) >= 11 is 0. The molecular formula is C9H10O3. The number of hydrogen-bond donors (Lipinski definition) is 3. The lowest BCUT2D eigenvalue weighted by Gasteiger charge is -2.16. The van der Waals surface area contributed by atoms with Crippen molar-refractivity contribution in [2.45, 2.75) is 5.79 Å². The van der Waals surface area contributed by atoms with E-state index in [9.17, 15) is 10.2 Å². The second kappa shape index (κ2) is 2.97. The maximum Gasteiger partial charge on any atom is 0.209 e. The number of hydrogen-bond acceptors (Lipinski definition) is 3. The van der Waals surface area contributed by atoms with Crippen LogP contribution in [0.25, 0.3) is 0 Å². The van der Waals surface area contributed by atoms with E-state index in [-0.39, 0.29) is 11.3 Å². The molecule has 0 radical (unpaired) electrons. The van der Waals surface area contributed by atoms with E-state index < -0.39 is 5.79 Å². The normalized spacial score (nSPS) is 11.2. The molecule has 0 saturated carbocycles. The van der Waals surface area contributed by atoms with E-state index in [1.54, 1.807) is 0 Å². The topological polar surface area (TPSA) is 60.7 Å². The van der Waals surface area contributed by atoms with Crippen molar-refractivity contribution in [1.82, 2.24) is 0 Å². The minimum absolute atomic E-state index is 0.0820. The Balaban J connectivity index is 3.04. The monoisotopic (exact) mass is 166 g/mol. The predicted octanol–water partition coefficient (Wildman–Crippen LogP) is 0.716. The Morgan fingerprint density at radius 2 is 1.67 bits per heavy atom. The van der Waals surface area contributed by atoms with Crippen LogP contribution in [0.15, 0.2) is 36.9 Å². The highest BCUT2D eigenvalue weighted by molar-refractivity contribution is 5.30. The average molecular weight is 166 g/mol. The predicted molar refractivity (Wildman–Crippen MR) is 44.4 cm³/mol. The van der Waals surface area contributed by atoms with Crippen molar-refractivity contribution in [2.75, 3.05) is 0 Å². The molecule has 0 aliphatic carbocycles. The van der Waals surface area contributed by atoms with Crippen LogP contribution >= 0.6 is 0 Å². The molecule has 0 spiro atoms. The molecule has 0 bridgehead atoms. The summed E-state index contributed by atoms with van der Waals surface area (Å²) in [5, 5.41) is 27.4. The van der Waals surface area contributed by atoms with Gasteiger partial charge in [0.15, 0.2) is 0 Å². The van der Waals surface area contributed by atoms with Crippen molar-refractivity contribution >= 4 is 0 Å². The van der Waals surface area contributed by atoms with Crippen LogP contribution in [-0.4, -0.2) is 15.3 Å². The summed E-state index contributed by atoms with van der Waals surface area (Å²) in [6.45, 7) is 3.27. The van der Waals surface area contributed by atoms with Crippen LogP contribution in [0.3, 0.4) is 0 Å². The molecule has 12 heavy (non-hydrogen) atoms. The van der Waals surface area contributed by atoms with E-state index in [0.29, 0.717) is 0 Å². The summed E-state index contributed by atoms with van der Waals surface area (Å²) in [7, 11) is 0. The van der Waals surface area contributed by atoms with Gasteiger partial charge in [0.1, 0.15) is 5.75 Å². The summed E-state index contributed by atoms with van der Waals surface area (Å²) < 4.78 is 0. The standard InChI is InChI=1S/C9H10O3/c1-2-9(11,12)7-3-5-8(10)6-4-7/h2-6,10-12H,1H2. The first kappa shape index (κ1) is 8.77. The molecule has 0 atom stereocenters. The summed E-state index contributed by atoms with van der Waals surface area (Å²) in [6, 6.07) is 5.58. The Bertz CT molecular complexity index is 274. The van der Waals surface area contributed by atoms with E-state index in [2.05, 4.69) is 6.58 Å². The Hall–Kier alpha value is -1.32. The summed E-state index contributed by atoms with van der Waals surface area (Å²) in [5.41, 5.74) is 0.273. The fourth-order valence-corrected chi connectivity index (χ4v) is 0.825. The fraction of sp³-hybridized carbons (Fsp3) is 0.111. The zero-order valence-electron chi connectivity index (χ0n) is 6.44. The Labute approximate surface area is 70.2 Å².